The van der Waals surface area contributed by atoms with E-state index in [-0.39, 0.29) is 6.42 Å². The van der Waals surface area contributed by atoms with Crippen LogP contribution >= 0.6 is 0 Å². The summed E-state index contributed by atoms with van der Waals surface area (Å²) in [6.45, 7) is 7.62. The summed E-state index contributed by atoms with van der Waals surface area (Å²) in [6, 6.07) is 0. The lowest BCUT2D eigenvalue weighted by Crippen LogP contribution is -2.37. The number of hydrogen-bond acceptors (Lipinski definition) is 3. The summed E-state index contributed by atoms with van der Waals surface area (Å²) in [5, 5.41) is 8.51. The van der Waals surface area contributed by atoms with Gasteiger partial charge in [-0.05, 0) is 0 Å². The fraction of sp³-hybridized carbons (Fsp3) is 0.667. The van der Waals surface area contributed by atoms with Crippen molar-refractivity contribution in [2.45, 2.75) is 6.42 Å². The average molecular weight is 185 g/mol. The molecule has 74 valence electrons. The number of ether oxygens (including phenoxy) is 1. The molecular formula is C9H15NO3. The molecule has 0 bridgehead atoms. The van der Waals surface area contributed by atoms with Crippen LogP contribution in [0.1, 0.15) is 6.42 Å². The third-order valence-electron chi connectivity index (χ3n) is 1.95. The lowest BCUT2D eigenvalue weighted by Gasteiger charge is -2.26. The van der Waals surface area contributed by atoms with E-state index in [2.05, 4.69) is 11.5 Å². The first-order chi connectivity index (χ1) is 6.18. The highest BCUT2D eigenvalue weighted by molar-refractivity contribution is 5.69. The molecule has 1 rings (SSSR count). The maximum Gasteiger partial charge on any atom is 0.307 e. The van der Waals surface area contributed by atoms with E-state index in [9.17, 15) is 4.79 Å². The zero-order chi connectivity index (χ0) is 9.68. The van der Waals surface area contributed by atoms with Crippen molar-refractivity contribution in [1.29, 1.82) is 0 Å². The zero-order valence-electron chi connectivity index (χ0n) is 7.66. The molecule has 1 aliphatic rings. The Bertz CT molecular complexity index is 197. The van der Waals surface area contributed by atoms with Gasteiger partial charge in [0.05, 0.1) is 19.6 Å². The lowest BCUT2D eigenvalue weighted by atomic mass is 10.2. The molecule has 0 aromatic rings. The molecule has 1 heterocycles. The summed E-state index contributed by atoms with van der Waals surface area (Å²) >= 11 is 0. The van der Waals surface area contributed by atoms with Crippen LogP contribution in [0, 0.1) is 0 Å². The summed E-state index contributed by atoms with van der Waals surface area (Å²) in [6.07, 6.45) is 0.0668. The normalized spacial score (nSPS) is 18.5. The van der Waals surface area contributed by atoms with E-state index in [0.717, 1.165) is 31.9 Å². The van der Waals surface area contributed by atoms with Crippen molar-refractivity contribution in [1.82, 2.24) is 4.90 Å². The van der Waals surface area contributed by atoms with Crippen LogP contribution in [0.2, 0.25) is 0 Å². The fourth-order valence-corrected chi connectivity index (χ4v) is 1.35. The van der Waals surface area contributed by atoms with Gasteiger partial charge in [-0.2, -0.15) is 0 Å². The highest BCUT2D eigenvalue weighted by atomic mass is 16.5. The molecule has 0 aromatic heterocycles. The van der Waals surface area contributed by atoms with E-state index in [1.54, 1.807) is 0 Å². The van der Waals surface area contributed by atoms with Crippen molar-refractivity contribution in [3.63, 3.8) is 0 Å². The lowest BCUT2D eigenvalue weighted by molar-refractivity contribution is -0.136. The largest absolute Gasteiger partial charge is 0.481 e. The number of rotatable bonds is 4. The molecule has 0 spiro atoms. The molecule has 13 heavy (non-hydrogen) atoms. The molecule has 0 saturated carbocycles. The average Bonchev–Trinajstić information content (AvgIpc) is 2.04. The molecule has 1 saturated heterocycles. The Morgan fingerprint density at radius 1 is 1.46 bits per heavy atom. The van der Waals surface area contributed by atoms with Gasteiger partial charge < -0.3 is 9.84 Å². The number of carbonyl (C=O) groups is 1. The van der Waals surface area contributed by atoms with Crippen LogP contribution < -0.4 is 0 Å². The smallest absolute Gasteiger partial charge is 0.307 e. The second kappa shape index (κ2) is 4.99. The molecule has 0 aliphatic carbocycles. The van der Waals surface area contributed by atoms with Crippen LogP contribution in [0.15, 0.2) is 12.2 Å². The van der Waals surface area contributed by atoms with Gasteiger partial charge in [-0.25, -0.2) is 0 Å². The van der Waals surface area contributed by atoms with Crippen LogP contribution in [-0.4, -0.2) is 48.8 Å². The van der Waals surface area contributed by atoms with Crippen molar-refractivity contribution in [3.8, 4) is 0 Å². The molecular weight excluding hydrogens is 170 g/mol. The highest BCUT2D eigenvalue weighted by Gasteiger charge is 2.12. The summed E-state index contributed by atoms with van der Waals surface area (Å²) in [5.41, 5.74) is 0.759. The Morgan fingerprint density at radius 3 is 2.62 bits per heavy atom. The van der Waals surface area contributed by atoms with Crippen LogP contribution in [0.3, 0.4) is 0 Å². The maximum absolute atomic E-state index is 10.3. The van der Waals surface area contributed by atoms with E-state index in [1.807, 2.05) is 0 Å². The van der Waals surface area contributed by atoms with E-state index >= 15 is 0 Å². The van der Waals surface area contributed by atoms with Gasteiger partial charge in [0.2, 0.25) is 0 Å². The van der Waals surface area contributed by atoms with Crippen LogP contribution in [0.4, 0.5) is 0 Å². The number of morpholine rings is 1. The number of carboxylic acid groups (broad SMARTS) is 1. The molecule has 1 fully saturated rings. The Kier molecular flexibility index (Phi) is 3.92. The van der Waals surface area contributed by atoms with Crippen molar-refractivity contribution < 1.29 is 14.6 Å². The molecule has 4 heteroatoms. The predicted octanol–water partition coefficient (Wildman–Crippen LogP) is 0.349. The third kappa shape index (κ3) is 4.05. The minimum atomic E-state index is -0.807. The van der Waals surface area contributed by atoms with Crippen molar-refractivity contribution in [2.75, 3.05) is 32.8 Å². The van der Waals surface area contributed by atoms with Gasteiger partial charge in [-0.1, -0.05) is 12.2 Å². The van der Waals surface area contributed by atoms with E-state index in [1.165, 1.54) is 0 Å². The zero-order valence-corrected chi connectivity index (χ0v) is 7.66. The summed E-state index contributed by atoms with van der Waals surface area (Å²) in [5.74, 6) is -0.807. The molecule has 0 radical (unpaired) electrons. The Morgan fingerprint density at radius 2 is 2.08 bits per heavy atom. The first kappa shape index (κ1) is 10.2. The van der Waals surface area contributed by atoms with Crippen LogP contribution in [0.25, 0.3) is 0 Å². The predicted molar refractivity (Wildman–Crippen MR) is 48.7 cm³/mol. The van der Waals surface area contributed by atoms with Gasteiger partial charge >= 0.3 is 5.97 Å². The van der Waals surface area contributed by atoms with E-state index < -0.39 is 5.97 Å². The Balaban J connectivity index is 2.22. The quantitative estimate of drug-likeness (QED) is 0.642. The van der Waals surface area contributed by atoms with Gasteiger partial charge in [0.1, 0.15) is 0 Å². The topological polar surface area (TPSA) is 49.8 Å². The summed E-state index contributed by atoms with van der Waals surface area (Å²) in [4.78, 5) is 12.5. The Hall–Kier alpha value is -0.870. The third-order valence-corrected chi connectivity index (χ3v) is 1.95. The second-order valence-electron chi connectivity index (χ2n) is 3.21. The van der Waals surface area contributed by atoms with Gasteiger partial charge in [-0.3, -0.25) is 9.69 Å². The summed E-state index contributed by atoms with van der Waals surface area (Å²) in [7, 11) is 0. The highest BCUT2D eigenvalue weighted by Crippen LogP contribution is 2.04. The monoisotopic (exact) mass is 185 g/mol. The Labute approximate surface area is 77.8 Å². The minimum Gasteiger partial charge on any atom is -0.481 e. The number of hydrogen-bond donors (Lipinski definition) is 1. The standard InChI is InChI=1S/C9H15NO3/c1-8(6-9(11)12)7-10-2-4-13-5-3-10/h1-7H2,(H,11,12). The van der Waals surface area contributed by atoms with E-state index in [0.29, 0.717) is 6.54 Å². The molecule has 0 unspecified atom stereocenters. The van der Waals surface area contributed by atoms with Gasteiger partial charge in [0.15, 0.2) is 0 Å². The number of nitrogens with zero attached hydrogens (tertiary/aromatic N) is 1. The molecule has 0 aromatic carbocycles. The molecule has 4 nitrogen and oxygen atoms in total. The fourth-order valence-electron chi connectivity index (χ4n) is 1.35. The minimum absolute atomic E-state index is 0.0668. The maximum atomic E-state index is 10.3. The summed E-state index contributed by atoms with van der Waals surface area (Å²) < 4.78 is 5.17. The van der Waals surface area contributed by atoms with Crippen molar-refractivity contribution >= 4 is 5.97 Å². The first-order valence-corrected chi connectivity index (χ1v) is 4.37. The molecule has 1 aliphatic heterocycles. The number of aliphatic carboxylic acids is 1. The van der Waals surface area contributed by atoms with Gasteiger partial charge in [-0.15, -0.1) is 0 Å². The molecule has 0 atom stereocenters. The molecule has 1 N–H and O–H groups in total. The number of carboxylic acids is 1. The van der Waals surface area contributed by atoms with Gasteiger partial charge in [0.25, 0.3) is 0 Å². The van der Waals surface area contributed by atoms with Crippen LogP contribution in [-0.2, 0) is 9.53 Å². The molecule has 0 amide bonds. The second-order valence-corrected chi connectivity index (χ2v) is 3.21. The van der Waals surface area contributed by atoms with Gasteiger partial charge in [0, 0.05) is 19.6 Å². The van der Waals surface area contributed by atoms with Crippen LogP contribution in [0.5, 0.6) is 0 Å². The van der Waals surface area contributed by atoms with Crippen molar-refractivity contribution in [2.24, 2.45) is 0 Å². The van der Waals surface area contributed by atoms with E-state index in [4.69, 9.17) is 9.84 Å². The van der Waals surface area contributed by atoms with Crippen molar-refractivity contribution in [3.05, 3.63) is 12.2 Å². The SMILES string of the molecule is C=C(CC(=O)O)CN1CCOCC1. The first-order valence-electron chi connectivity index (χ1n) is 4.37.